The summed E-state index contributed by atoms with van der Waals surface area (Å²) < 4.78 is 0. The van der Waals surface area contributed by atoms with Gasteiger partial charge < -0.3 is 0 Å². The minimum atomic E-state index is 0.194. The highest BCUT2D eigenvalue weighted by atomic mass is 16.1. The number of fused-ring (bicyclic) bond motifs is 2. The van der Waals surface area contributed by atoms with Gasteiger partial charge in [0.1, 0.15) is 0 Å². The first-order valence-corrected chi connectivity index (χ1v) is 8.68. The van der Waals surface area contributed by atoms with Gasteiger partial charge in [0.05, 0.1) is 0 Å². The summed E-state index contributed by atoms with van der Waals surface area (Å²) in [6.45, 7) is 6.33. The van der Waals surface area contributed by atoms with Crippen molar-refractivity contribution >= 4 is 11.4 Å². The monoisotopic (exact) mass is 314 g/mol. The van der Waals surface area contributed by atoms with Crippen molar-refractivity contribution in [2.45, 2.75) is 33.6 Å². The van der Waals surface area contributed by atoms with Gasteiger partial charge in [-0.2, -0.15) is 0 Å². The first kappa shape index (κ1) is 15.1. The standard InChI is InChI=1S/C23H22O/c1-14-8-9-20-17(10-14)12-18-13-21(16(3)11-22(18)20)23(24)19-7-5-4-6-15(19)2/h4-10,13,16H,11-12H2,1-3H3. The second-order valence-corrected chi connectivity index (χ2v) is 7.19. The number of aryl methyl sites for hydroxylation is 2. The van der Waals surface area contributed by atoms with E-state index in [-0.39, 0.29) is 11.7 Å². The Bertz CT molecular complexity index is 911. The Morgan fingerprint density at radius 2 is 1.88 bits per heavy atom. The molecule has 0 saturated carbocycles. The summed E-state index contributed by atoms with van der Waals surface area (Å²) in [5.74, 6) is 0.461. The highest BCUT2D eigenvalue weighted by Gasteiger charge is 2.30. The van der Waals surface area contributed by atoms with Gasteiger partial charge in [-0.05, 0) is 60.4 Å². The molecule has 2 aliphatic rings. The van der Waals surface area contributed by atoms with Crippen LogP contribution in [0.1, 0.15) is 46.0 Å². The molecule has 0 amide bonds. The number of benzene rings is 2. The third-order valence-electron chi connectivity index (χ3n) is 5.38. The van der Waals surface area contributed by atoms with E-state index in [1.165, 1.54) is 27.8 Å². The van der Waals surface area contributed by atoms with Crippen LogP contribution in [0, 0.1) is 19.8 Å². The lowest BCUT2D eigenvalue weighted by molar-refractivity contribution is 0.102. The maximum absolute atomic E-state index is 13.1. The van der Waals surface area contributed by atoms with Gasteiger partial charge in [0.15, 0.2) is 5.78 Å². The van der Waals surface area contributed by atoms with E-state index in [4.69, 9.17) is 0 Å². The third-order valence-corrected chi connectivity index (χ3v) is 5.38. The van der Waals surface area contributed by atoms with E-state index < -0.39 is 0 Å². The Hall–Kier alpha value is -2.41. The maximum atomic E-state index is 13.1. The fraction of sp³-hybridized carbons (Fsp3) is 0.261. The molecule has 0 aromatic heterocycles. The van der Waals surface area contributed by atoms with E-state index in [9.17, 15) is 4.79 Å². The number of Topliss-reactive ketones (excluding diaryl/α,β-unsaturated/α-hetero) is 1. The summed E-state index contributed by atoms with van der Waals surface area (Å²) >= 11 is 0. The highest BCUT2D eigenvalue weighted by molar-refractivity contribution is 6.11. The molecule has 0 aliphatic heterocycles. The summed E-state index contributed by atoms with van der Waals surface area (Å²) in [5.41, 5.74) is 9.75. The molecule has 0 heterocycles. The Balaban J connectivity index is 1.74. The summed E-state index contributed by atoms with van der Waals surface area (Å²) in [5, 5.41) is 0. The second kappa shape index (κ2) is 5.59. The molecular formula is C23H22O. The van der Waals surface area contributed by atoms with Crippen LogP contribution in [0.2, 0.25) is 0 Å². The molecule has 0 N–H and O–H groups in total. The number of carbonyl (C=O) groups excluding carboxylic acids is 1. The molecule has 0 spiro atoms. The van der Waals surface area contributed by atoms with Crippen LogP contribution in [0.15, 0.2) is 59.7 Å². The molecule has 0 radical (unpaired) electrons. The predicted octanol–water partition coefficient (Wildman–Crippen LogP) is 5.46. The minimum Gasteiger partial charge on any atom is -0.289 e. The molecule has 0 fully saturated rings. The van der Waals surface area contributed by atoms with E-state index >= 15 is 0 Å². The molecule has 1 atom stereocenters. The van der Waals surface area contributed by atoms with Gasteiger partial charge in [-0.25, -0.2) is 0 Å². The molecule has 2 aromatic rings. The van der Waals surface area contributed by atoms with E-state index in [1.807, 2.05) is 31.2 Å². The van der Waals surface area contributed by atoms with Crippen LogP contribution in [0.4, 0.5) is 0 Å². The summed E-state index contributed by atoms with van der Waals surface area (Å²) in [4.78, 5) is 13.1. The maximum Gasteiger partial charge on any atom is 0.189 e. The number of hydrogen-bond acceptors (Lipinski definition) is 1. The quantitative estimate of drug-likeness (QED) is 0.672. The molecule has 2 aliphatic carbocycles. The first-order chi connectivity index (χ1) is 11.5. The molecule has 1 heteroatoms. The Labute approximate surface area is 143 Å². The number of rotatable bonds is 2. The van der Waals surface area contributed by atoms with E-state index in [1.54, 1.807) is 0 Å². The van der Waals surface area contributed by atoms with Crippen LogP contribution in [-0.4, -0.2) is 5.78 Å². The zero-order valence-corrected chi connectivity index (χ0v) is 14.5. The SMILES string of the molecule is Cc1ccc2c(c1)CC1=C2CC(C)C(C(=O)c2ccccc2C)=C1. The van der Waals surface area contributed by atoms with Gasteiger partial charge in [-0.1, -0.05) is 61.0 Å². The number of hydrogen-bond donors (Lipinski definition) is 0. The zero-order chi connectivity index (χ0) is 16.8. The second-order valence-electron chi connectivity index (χ2n) is 7.19. The van der Waals surface area contributed by atoms with Gasteiger partial charge in [-0.15, -0.1) is 0 Å². The smallest absolute Gasteiger partial charge is 0.189 e. The molecular weight excluding hydrogens is 292 g/mol. The van der Waals surface area contributed by atoms with Crippen molar-refractivity contribution in [1.29, 1.82) is 0 Å². The molecule has 24 heavy (non-hydrogen) atoms. The van der Waals surface area contributed by atoms with Crippen LogP contribution < -0.4 is 0 Å². The van der Waals surface area contributed by atoms with Crippen molar-refractivity contribution in [2.24, 2.45) is 5.92 Å². The number of carbonyl (C=O) groups is 1. The molecule has 0 bridgehead atoms. The van der Waals surface area contributed by atoms with Crippen LogP contribution in [0.25, 0.3) is 5.57 Å². The molecule has 1 unspecified atom stereocenters. The number of allylic oxidation sites excluding steroid dienone is 4. The van der Waals surface area contributed by atoms with Crippen molar-refractivity contribution in [3.63, 3.8) is 0 Å². The Kier molecular flexibility index (Phi) is 3.53. The predicted molar refractivity (Wildman–Crippen MR) is 99.2 cm³/mol. The summed E-state index contributed by atoms with van der Waals surface area (Å²) in [6.07, 6.45) is 4.10. The fourth-order valence-electron chi connectivity index (χ4n) is 4.05. The van der Waals surface area contributed by atoms with Crippen molar-refractivity contribution < 1.29 is 4.79 Å². The Morgan fingerprint density at radius 1 is 1.08 bits per heavy atom. The van der Waals surface area contributed by atoms with E-state index in [0.29, 0.717) is 0 Å². The highest BCUT2D eigenvalue weighted by Crippen LogP contribution is 2.43. The van der Waals surface area contributed by atoms with Gasteiger partial charge in [0, 0.05) is 11.1 Å². The summed E-state index contributed by atoms with van der Waals surface area (Å²) in [6, 6.07) is 14.6. The lowest BCUT2D eigenvalue weighted by Crippen LogP contribution is -2.16. The fourth-order valence-corrected chi connectivity index (χ4v) is 4.05. The van der Waals surface area contributed by atoms with Gasteiger partial charge >= 0.3 is 0 Å². The third kappa shape index (κ3) is 2.36. The Morgan fingerprint density at radius 3 is 2.67 bits per heavy atom. The molecule has 120 valence electrons. The molecule has 4 rings (SSSR count). The zero-order valence-electron chi connectivity index (χ0n) is 14.5. The van der Waals surface area contributed by atoms with Crippen molar-refractivity contribution in [2.75, 3.05) is 0 Å². The van der Waals surface area contributed by atoms with Crippen molar-refractivity contribution in [1.82, 2.24) is 0 Å². The number of ketones is 1. The van der Waals surface area contributed by atoms with Crippen LogP contribution in [0.5, 0.6) is 0 Å². The lowest BCUT2D eigenvalue weighted by Gasteiger charge is -2.22. The summed E-state index contributed by atoms with van der Waals surface area (Å²) in [7, 11) is 0. The lowest BCUT2D eigenvalue weighted by atomic mass is 9.80. The minimum absolute atomic E-state index is 0.194. The first-order valence-electron chi connectivity index (χ1n) is 8.68. The topological polar surface area (TPSA) is 17.1 Å². The van der Waals surface area contributed by atoms with E-state index in [0.717, 1.165) is 29.5 Å². The van der Waals surface area contributed by atoms with Crippen molar-refractivity contribution in [3.8, 4) is 0 Å². The van der Waals surface area contributed by atoms with Gasteiger partial charge in [-0.3, -0.25) is 4.79 Å². The van der Waals surface area contributed by atoms with Crippen LogP contribution in [-0.2, 0) is 6.42 Å². The molecule has 0 saturated heterocycles. The van der Waals surface area contributed by atoms with Gasteiger partial charge in [0.25, 0.3) is 0 Å². The largest absolute Gasteiger partial charge is 0.289 e. The van der Waals surface area contributed by atoms with Crippen LogP contribution in [0.3, 0.4) is 0 Å². The van der Waals surface area contributed by atoms with Gasteiger partial charge in [0.2, 0.25) is 0 Å². The van der Waals surface area contributed by atoms with Crippen molar-refractivity contribution in [3.05, 3.63) is 87.5 Å². The average molecular weight is 314 g/mol. The van der Waals surface area contributed by atoms with E-state index in [2.05, 4.69) is 38.1 Å². The van der Waals surface area contributed by atoms with Crippen LogP contribution >= 0.6 is 0 Å². The molecule has 1 nitrogen and oxygen atoms in total. The normalized spacial score (nSPS) is 19.0. The average Bonchev–Trinajstić information content (AvgIpc) is 2.90. The molecule has 2 aromatic carbocycles.